The van der Waals surface area contributed by atoms with E-state index in [4.69, 9.17) is 21.1 Å². The molecule has 1 aliphatic rings. The van der Waals surface area contributed by atoms with Crippen LogP contribution in [0, 0.1) is 0 Å². The first-order valence-corrected chi connectivity index (χ1v) is 10.7. The van der Waals surface area contributed by atoms with Gasteiger partial charge in [0.15, 0.2) is 6.61 Å². The fraction of sp³-hybridized carbons (Fsp3) is 0.200. The number of rotatable bonds is 7. The summed E-state index contributed by atoms with van der Waals surface area (Å²) in [6, 6.07) is 20.1. The summed E-state index contributed by atoms with van der Waals surface area (Å²) in [5.74, 6) is 1.03. The molecule has 32 heavy (non-hydrogen) atoms. The predicted octanol–water partition coefficient (Wildman–Crippen LogP) is 4.85. The molecule has 2 amide bonds. The van der Waals surface area contributed by atoms with Crippen LogP contribution in [0.3, 0.4) is 0 Å². The number of fused-ring (bicyclic) bond motifs is 1. The van der Waals surface area contributed by atoms with Crippen LogP contribution in [0.1, 0.15) is 18.1 Å². The molecule has 0 saturated heterocycles. The van der Waals surface area contributed by atoms with Crippen LogP contribution in [-0.4, -0.2) is 25.0 Å². The van der Waals surface area contributed by atoms with Crippen molar-refractivity contribution in [2.75, 3.05) is 23.4 Å². The van der Waals surface area contributed by atoms with Crippen LogP contribution >= 0.6 is 11.6 Å². The van der Waals surface area contributed by atoms with Crippen molar-refractivity contribution in [2.24, 2.45) is 0 Å². The lowest BCUT2D eigenvalue weighted by atomic mass is 10.1. The van der Waals surface area contributed by atoms with Gasteiger partial charge in [0, 0.05) is 10.7 Å². The molecular weight excluding hydrogens is 428 g/mol. The van der Waals surface area contributed by atoms with Gasteiger partial charge in [0.1, 0.15) is 11.5 Å². The molecule has 0 atom stereocenters. The number of benzene rings is 3. The summed E-state index contributed by atoms with van der Waals surface area (Å²) in [5.41, 5.74) is 2.89. The van der Waals surface area contributed by atoms with Gasteiger partial charge in [-0.05, 0) is 54.4 Å². The quantitative estimate of drug-likeness (QED) is 0.559. The summed E-state index contributed by atoms with van der Waals surface area (Å²) in [6.45, 7) is 2.80. The van der Waals surface area contributed by atoms with E-state index in [0.717, 1.165) is 16.9 Å². The summed E-state index contributed by atoms with van der Waals surface area (Å²) in [6.07, 6.45) is 0.224. The van der Waals surface area contributed by atoms with Crippen molar-refractivity contribution in [3.63, 3.8) is 0 Å². The first-order chi connectivity index (χ1) is 15.5. The summed E-state index contributed by atoms with van der Waals surface area (Å²) in [7, 11) is 0. The van der Waals surface area contributed by atoms with Crippen LogP contribution in [-0.2, 0) is 22.6 Å². The van der Waals surface area contributed by atoms with Crippen LogP contribution in [0.25, 0.3) is 0 Å². The maximum absolute atomic E-state index is 12.6. The number of anilines is 2. The number of ether oxygens (including phenoxy) is 2. The van der Waals surface area contributed by atoms with Gasteiger partial charge in [-0.1, -0.05) is 41.9 Å². The Morgan fingerprint density at radius 3 is 2.66 bits per heavy atom. The summed E-state index contributed by atoms with van der Waals surface area (Å²) < 4.78 is 11.0. The number of halogens is 1. The monoisotopic (exact) mass is 450 g/mol. The molecule has 3 aromatic rings. The van der Waals surface area contributed by atoms with Gasteiger partial charge in [0.25, 0.3) is 5.91 Å². The first-order valence-electron chi connectivity index (χ1n) is 10.4. The Morgan fingerprint density at radius 1 is 1.12 bits per heavy atom. The molecule has 164 valence electrons. The molecule has 0 spiro atoms. The van der Waals surface area contributed by atoms with Gasteiger partial charge in [-0.3, -0.25) is 9.59 Å². The van der Waals surface area contributed by atoms with E-state index in [-0.39, 0.29) is 24.8 Å². The fourth-order valence-corrected chi connectivity index (χ4v) is 3.71. The van der Waals surface area contributed by atoms with Crippen LogP contribution < -0.4 is 19.7 Å². The Labute approximate surface area is 191 Å². The average Bonchev–Trinajstić information content (AvgIpc) is 2.78. The lowest BCUT2D eigenvalue weighted by molar-refractivity contribution is -0.121. The third kappa shape index (κ3) is 5.03. The highest BCUT2D eigenvalue weighted by molar-refractivity contribution is 6.31. The number of carbonyl (C=O) groups is 2. The highest BCUT2D eigenvalue weighted by Gasteiger charge is 2.26. The van der Waals surface area contributed by atoms with E-state index in [2.05, 4.69) is 5.32 Å². The number of hydrogen-bond acceptors (Lipinski definition) is 4. The Hall–Kier alpha value is -3.51. The van der Waals surface area contributed by atoms with Crippen LogP contribution in [0.2, 0.25) is 5.02 Å². The highest BCUT2D eigenvalue weighted by atomic mass is 35.5. The van der Waals surface area contributed by atoms with E-state index in [0.29, 0.717) is 35.3 Å². The molecule has 0 fully saturated rings. The molecule has 4 rings (SSSR count). The second kappa shape index (κ2) is 9.75. The molecule has 0 aromatic heterocycles. The largest absolute Gasteiger partial charge is 0.494 e. The predicted molar refractivity (Wildman–Crippen MR) is 125 cm³/mol. The molecule has 0 unspecified atom stereocenters. The topological polar surface area (TPSA) is 67.9 Å². The minimum absolute atomic E-state index is 0.0408. The van der Waals surface area contributed by atoms with Crippen molar-refractivity contribution in [3.05, 3.63) is 82.9 Å². The third-order valence-electron chi connectivity index (χ3n) is 5.07. The van der Waals surface area contributed by atoms with E-state index in [1.165, 1.54) is 0 Å². The molecular formula is C25H23ClN2O4. The molecule has 0 saturated carbocycles. The van der Waals surface area contributed by atoms with Gasteiger partial charge in [-0.2, -0.15) is 0 Å². The Balaban J connectivity index is 1.49. The Morgan fingerprint density at radius 2 is 1.91 bits per heavy atom. The van der Waals surface area contributed by atoms with Crippen molar-refractivity contribution >= 4 is 34.8 Å². The number of amides is 2. The summed E-state index contributed by atoms with van der Waals surface area (Å²) >= 11 is 6.29. The smallest absolute Gasteiger partial charge is 0.265 e. The Bertz CT molecular complexity index is 1130. The lowest BCUT2D eigenvalue weighted by Crippen LogP contribution is -2.38. The lowest BCUT2D eigenvalue weighted by Gasteiger charge is -2.30. The van der Waals surface area contributed by atoms with Crippen molar-refractivity contribution in [3.8, 4) is 11.5 Å². The number of hydrogen-bond donors (Lipinski definition) is 1. The van der Waals surface area contributed by atoms with Crippen LogP contribution in [0.4, 0.5) is 11.4 Å². The highest BCUT2D eigenvalue weighted by Crippen LogP contribution is 2.36. The van der Waals surface area contributed by atoms with Crippen molar-refractivity contribution in [2.45, 2.75) is 19.9 Å². The maximum Gasteiger partial charge on any atom is 0.265 e. The standard InChI is InChI=1S/C25H23ClN2O4/c1-2-31-20-10-7-17(8-11-20)13-24(29)27-19-9-12-23-22(14-19)28(25(30)16-32-23)15-18-5-3-4-6-21(18)26/h3-12,14H,2,13,15-16H2,1H3,(H,27,29). The molecule has 7 heteroatoms. The van der Waals surface area contributed by atoms with Gasteiger partial charge in [0.05, 0.1) is 25.3 Å². The van der Waals surface area contributed by atoms with Gasteiger partial charge in [-0.25, -0.2) is 0 Å². The zero-order chi connectivity index (χ0) is 22.5. The summed E-state index contributed by atoms with van der Waals surface area (Å²) in [4.78, 5) is 26.8. The zero-order valence-electron chi connectivity index (χ0n) is 17.6. The summed E-state index contributed by atoms with van der Waals surface area (Å²) in [5, 5.41) is 3.49. The molecule has 0 bridgehead atoms. The number of carbonyl (C=O) groups excluding carboxylic acids is 2. The van der Waals surface area contributed by atoms with Crippen molar-refractivity contribution < 1.29 is 19.1 Å². The molecule has 3 aromatic carbocycles. The molecule has 1 N–H and O–H groups in total. The van der Waals surface area contributed by atoms with E-state index < -0.39 is 0 Å². The molecule has 0 radical (unpaired) electrons. The fourth-order valence-electron chi connectivity index (χ4n) is 3.51. The molecule has 6 nitrogen and oxygen atoms in total. The average molecular weight is 451 g/mol. The van der Waals surface area contributed by atoms with Gasteiger partial charge >= 0.3 is 0 Å². The van der Waals surface area contributed by atoms with E-state index >= 15 is 0 Å². The van der Waals surface area contributed by atoms with Gasteiger partial charge in [-0.15, -0.1) is 0 Å². The molecule has 1 aliphatic heterocycles. The number of nitrogens with zero attached hydrogens (tertiary/aromatic N) is 1. The number of nitrogens with one attached hydrogen (secondary N) is 1. The van der Waals surface area contributed by atoms with E-state index in [1.54, 1.807) is 29.2 Å². The van der Waals surface area contributed by atoms with Crippen LogP contribution in [0.15, 0.2) is 66.7 Å². The van der Waals surface area contributed by atoms with Crippen molar-refractivity contribution in [1.82, 2.24) is 0 Å². The van der Waals surface area contributed by atoms with Crippen LogP contribution in [0.5, 0.6) is 11.5 Å². The normalized spacial score (nSPS) is 12.7. The zero-order valence-corrected chi connectivity index (χ0v) is 18.4. The SMILES string of the molecule is CCOc1ccc(CC(=O)Nc2ccc3c(c2)N(Cc2ccccc2Cl)C(=O)CO3)cc1. The van der Waals surface area contributed by atoms with E-state index in [1.807, 2.05) is 49.4 Å². The third-order valence-corrected chi connectivity index (χ3v) is 5.44. The minimum atomic E-state index is -0.171. The second-order valence-electron chi connectivity index (χ2n) is 7.34. The van der Waals surface area contributed by atoms with Gasteiger partial charge < -0.3 is 19.7 Å². The molecule has 1 heterocycles. The van der Waals surface area contributed by atoms with Gasteiger partial charge in [0.2, 0.25) is 5.91 Å². The molecule has 0 aliphatic carbocycles. The maximum atomic E-state index is 12.6. The minimum Gasteiger partial charge on any atom is -0.494 e. The van der Waals surface area contributed by atoms with Crippen molar-refractivity contribution in [1.29, 1.82) is 0 Å². The second-order valence-corrected chi connectivity index (χ2v) is 7.75. The first kappa shape index (κ1) is 21.7. The van der Waals surface area contributed by atoms with E-state index in [9.17, 15) is 9.59 Å². The Kier molecular flexibility index (Phi) is 6.61.